The Hall–Kier alpha value is -0.500. The summed E-state index contributed by atoms with van der Waals surface area (Å²) in [5, 5.41) is 8.82. The molecule has 0 aromatic heterocycles. The third kappa shape index (κ3) is 3.22. The topological polar surface area (TPSA) is 118 Å². The highest BCUT2D eigenvalue weighted by Gasteiger charge is 2.65. The highest BCUT2D eigenvalue weighted by molar-refractivity contribution is 7.85. The molecule has 3 aliphatic rings. The lowest BCUT2D eigenvalue weighted by Gasteiger charge is -2.35. The zero-order valence-corrected chi connectivity index (χ0v) is 14.1. The van der Waals surface area contributed by atoms with Crippen LogP contribution in [0.4, 0.5) is 0 Å². The van der Waals surface area contributed by atoms with Crippen LogP contribution >= 0.6 is 0 Å². The molecule has 2 unspecified atom stereocenters. The Morgan fingerprint density at radius 3 is 2.18 bits per heavy atom. The van der Waals surface area contributed by atoms with E-state index < -0.39 is 21.3 Å². The number of Topliss-reactive ketones (excluding diaryl/α,β-unsaturated/α-hetero) is 1. The molecule has 3 fully saturated rings. The summed E-state index contributed by atoms with van der Waals surface area (Å²) in [4.78, 5) is 11.9. The number of carbonyl (C=O) groups is 1. The number of fused-ring (bicyclic) bond motifs is 2. The molecule has 0 aliphatic heterocycles. The first-order valence-electron chi connectivity index (χ1n) is 7.90. The van der Waals surface area contributed by atoms with E-state index >= 15 is 0 Å². The molecular weight excluding hydrogens is 306 g/mol. The molecule has 0 spiro atoms. The van der Waals surface area contributed by atoms with E-state index in [1.54, 1.807) is 0 Å². The summed E-state index contributed by atoms with van der Waals surface area (Å²) in [5.41, 5.74) is 4.35. The van der Waals surface area contributed by atoms with Crippen LogP contribution in [0.1, 0.15) is 52.4 Å². The Labute approximate surface area is 132 Å². The van der Waals surface area contributed by atoms with Gasteiger partial charge in [-0.3, -0.25) is 9.35 Å². The first-order valence-corrected chi connectivity index (χ1v) is 9.51. The maximum atomic E-state index is 11.9. The van der Waals surface area contributed by atoms with Gasteiger partial charge in [0.15, 0.2) is 0 Å². The summed E-state index contributed by atoms with van der Waals surface area (Å²) >= 11 is 0. The van der Waals surface area contributed by atoms with E-state index in [4.69, 9.17) is 15.4 Å². The van der Waals surface area contributed by atoms with Gasteiger partial charge in [0.1, 0.15) is 5.78 Å². The summed E-state index contributed by atoms with van der Waals surface area (Å²) in [6.07, 6.45) is 4.58. The van der Waals surface area contributed by atoms with Crippen molar-refractivity contribution in [2.24, 2.45) is 22.5 Å². The highest BCUT2D eigenvalue weighted by Crippen LogP contribution is 2.64. The first kappa shape index (κ1) is 17.8. The van der Waals surface area contributed by atoms with E-state index in [1.807, 2.05) is 13.8 Å². The summed E-state index contributed by atoms with van der Waals surface area (Å²) in [7, 11) is -4.08. The zero-order chi connectivity index (χ0) is 16.8. The van der Waals surface area contributed by atoms with Crippen molar-refractivity contribution in [3.8, 4) is 0 Å². The van der Waals surface area contributed by atoms with Crippen molar-refractivity contribution in [1.29, 1.82) is 0 Å². The fourth-order valence-corrected chi connectivity index (χ4v) is 5.71. The molecule has 2 bridgehead atoms. The van der Waals surface area contributed by atoms with Gasteiger partial charge in [-0.05, 0) is 43.4 Å². The first-order chi connectivity index (χ1) is 9.98. The highest BCUT2D eigenvalue weighted by atomic mass is 32.2. The van der Waals surface area contributed by atoms with Crippen LogP contribution in [0.15, 0.2) is 0 Å². The van der Waals surface area contributed by atoms with Crippen LogP contribution in [0.5, 0.6) is 0 Å². The standard InChI is InChI=1S/C10H16O4S.C5H11NO/c1-9(2)7-3-4-10(9,8(11)5-7)6-15(12,13)14;6-4-1-2-5(7)3-4/h7H,3-6H2,1-2H3,(H,12,13,14);4-5,7H,1-3,6H2/t;4-,5+/m.0/s1. The number of ketones is 1. The lowest BCUT2D eigenvalue weighted by atomic mass is 9.70. The smallest absolute Gasteiger partial charge is 0.265 e. The number of aliphatic hydroxyl groups is 1. The SMILES string of the molecule is CC1(C)C2CCC1(CS(=O)(=O)O)C(=O)C2.N[C@H]1CC[C@@H](O)C1. The lowest BCUT2D eigenvalue weighted by molar-refractivity contribution is -0.128. The van der Waals surface area contributed by atoms with Crippen molar-refractivity contribution in [2.45, 2.75) is 64.5 Å². The van der Waals surface area contributed by atoms with Crippen molar-refractivity contribution in [2.75, 3.05) is 5.75 Å². The number of hydrogen-bond donors (Lipinski definition) is 3. The molecule has 6 nitrogen and oxygen atoms in total. The minimum Gasteiger partial charge on any atom is -0.393 e. The Morgan fingerprint density at radius 2 is 1.91 bits per heavy atom. The Kier molecular flexibility index (Phi) is 4.75. The Bertz CT molecular complexity index is 536. The van der Waals surface area contributed by atoms with Crippen LogP contribution in [0, 0.1) is 16.7 Å². The van der Waals surface area contributed by atoms with E-state index in [0.717, 1.165) is 25.7 Å². The van der Waals surface area contributed by atoms with Crippen LogP contribution in [-0.4, -0.2) is 41.8 Å². The molecule has 0 aromatic rings. The van der Waals surface area contributed by atoms with Gasteiger partial charge in [-0.1, -0.05) is 13.8 Å². The molecule has 3 saturated carbocycles. The quantitative estimate of drug-likeness (QED) is 0.652. The van der Waals surface area contributed by atoms with Gasteiger partial charge in [0.2, 0.25) is 0 Å². The molecule has 0 radical (unpaired) electrons. The van der Waals surface area contributed by atoms with Crippen molar-refractivity contribution in [3.05, 3.63) is 0 Å². The van der Waals surface area contributed by atoms with E-state index in [1.165, 1.54) is 0 Å². The van der Waals surface area contributed by atoms with Crippen molar-refractivity contribution in [1.82, 2.24) is 0 Å². The molecule has 0 saturated heterocycles. The lowest BCUT2D eigenvalue weighted by Crippen LogP contribution is -2.42. The van der Waals surface area contributed by atoms with Crippen LogP contribution in [0.25, 0.3) is 0 Å². The maximum Gasteiger partial charge on any atom is 0.265 e. The fraction of sp³-hybridized carbons (Fsp3) is 0.933. The minimum absolute atomic E-state index is 0.0152. The van der Waals surface area contributed by atoms with Gasteiger partial charge in [-0.2, -0.15) is 8.42 Å². The number of hydrogen-bond acceptors (Lipinski definition) is 5. The average molecular weight is 333 g/mol. The van der Waals surface area contributed by atoms with E-state index in [2.05, 4.69) is 0 Å². The molecule has 22 heavy (non-hydrogen) atoms. The Balaban J connectivity index is 0.000000211. The van der Waals surface area contributed by atoms with Crippen molar-refractivity contribution >= 4 is 15.9 Å². The predicted octanol–water partition coefficient (Wildman–Crippen LogP) is 1.13. The monoisotopic (exact) mass is 333 g/mol. The normalized spacial score (nSPS) is 39.7. The number of aliphatic hydroxyl groups excluding tert-OH is 1. The second kappa shape index (κ2) is 5.85. The summed E-state index contributed by atoms with van der Waals surface area (Å²) in [5.74, 6) is -0.101. The number of carbonyl (C=O) groups excluding carboxylic acids is 1. The summed E-state index contributed by atoms with van der Waals surface area (Å²) in [6, 6.07) is 0.273. The molecule has 128 valence electrons. The van der Waals surface area contributed by atoms with Gasteiger partial charge in [-0.15, -0.1) is 0 Å². The molecule has 4 atom stereocenters. The average Bonchev–Trinajstić information content (AvgIpc) is 2.89. The molecule has 0 amide bonds. The van der Waals surface area contributed by atoms with Gasteiger partial charge >= 0.3 is 0 Å². The van der Waals surface area contributed by atoms with Gasteiger partial charge in [0.05, 0.1) is 17.3 Å². The third-order valence-corrected chi connectivity index (χ3v) is 6.87. The van der Waals surface area contributed by atoms with Gasteiger partial charge in [0, 0.05) is 12.5 Å². The molecule has 3 rings (SSSR count). The van der Waals surface area contributed by atoms with E-state index in [9.17, 15) is 13.2 Å². The minimum atomic E-state index is -4.08. The molecule has 4 N–H and O–H groups in total. The largest absolute Gasteiger partial charge is 0.393 e. The number of nitrogens with two attached hydrogens (primary N) is 1. The van der Waals surface area contributed by atoms with Gasteiger partial charge in [0.25, 0.3) is 10.1 Å². The predicted molar refractivity (Wildman–Crippen MR) is 82.8 cm³/mol. The third-order valence-electron chi connectivity index (χ3n) is 6.01. The summed E-state index contributed by atoms with van der Waals surface area (Å²) in [6.45, 7) is 3.89. The van der Waals surface area contributed by atoms with E-state index in [-0.39, 0.29) is 29.3 Å². The van der Waals surface area contributed by atoms with Crippen LogP contribution < -0.4 is 5.73 Å². The second-order valence-corrected chi connectivity index (χ2v) is 9.07. The zero-order valence-electron chi connectivity index (χ0n) is 13.3. The van der Waals surface area contributed by atoms with E-state index in [0.29, 0.717) is 12.8 Å². The molecule has 3 aliphatic carbocycles. The van der Waals surface area contributed by atoms with Crippen LogP contribution in [-0.2, 0) is 14.9 Å². The molecule has 7 heteroatoms. The molecule has 0 aromatic carbocycles. The fourth-order valence-electron chi connectivity index (χ4n) is 4.41. The second-order valence-electron chi connectivity index (χ2n) is 7.62. The Morgan fingerprint density at radius 1 is 1.27 bits per heavy atom. The van der Waals surface area contributed by atoms with Crippen molar-refractivity contribution in [3.63, 3.8) is 0 Å². The van der Waals surface area contributed by atoms with Gasteiger partial charge in [-0.25, -0.2) is 0 Å². The van der Waals surface area contributed by atoms with Crippen LogP contribution in [0.2, 0.25) is 0 Å². The molecular formula is C15H27NO5S. The van der Waals surface area contributed by atoms with Crippen LogP contribution in [0.3, 0.4) is 0 Å². The molecule has 0 heterocycles. The maximum absolute atomic E-state index is 11.9. The summed E-state index contributed by atoms with van der Waals surface area (Å²) < 4.78 is 31.0. The number of rotatable bonds is 2. The van der Waals surface area contributed by atoms with Gasteiger partial charge < -0.3 is 10.8 Å². The van der Waals surface area contributed by atoms with Crippen molar-refractivity contribution < 1.29 is 22.9 Å².